The summed E-state index contributed by atoms with van der Waals surface area (Å²) in [6, 6.07) is 13.6. The Bertz CT molecular complexity index is 1490. The number of halogens is 1. The lowest BCUT2D eigenvalue weighted by Gasteiger charge is -2.42. The number of hydrogen-bond donors (Lipinski definition) is 2. The number of carbonyl (C=O) groups excluding carboxylic acids is 3. The Morgan fingerprint density at radius 3 is 2.34 bits per heavy atom. The molecule has 5 aliphatic heterocycles. The molecule has 11 heteroatoms. The predicted octanol–water partition coefficient (Wildman–Crippen LogP) is 4.20. The zero-order valence-corrected chi connectivity index (χ0v) is 28.4. The highest BCUT2D eigenvalue weighted by Crippen LogP contribution is 2.35. The molecule has 0 aliphatic carbocycles. The van der Waals surface area contributed by atoms with Crippen molar-refractivity contribution in [2.75, 3.05) is 57.4 Å². The minimum Gasteiger partial charge on any atom is -0.397 e. The highest BCUT2D eigenvalue weighted by molar-refractivity contribution is 6.33. The minimum absolute atomic E-state index is 0.000558. The fraction of sp³-hybridized carbons (Fsp3) is 0.583. The molecular weight excluding hydrogens is 614 g/mol. The largest absolute Gasteiger partial charge is 0.397 e. The Kier molecular flexibility index (Phi) is 9.11. The average Bonchev–Trinajstić information content (AvgIpc) is 3.66. The molecule has 2 aromatic carbocycles. The maximum absolute atomic E-state index is 14.2. The number of aryl methyl sites for hydroxylation is 1. The molecule has 3 atom stereocenters. The number of nitrogens with one attached hydrogen (secondary N) is 1. The highest BCUT2D eigenvalue weighted by atomic mass is 35.5. The quantitative estimate of drug-likeness (QED) is 0.431. The van der Waals surface area contributed by atoms with Gasteiger partial charge in [0, 0.05) is 82.1 Å². The summed E-state index contributed by atoms with van der Waals surface area (Å²) in [5.41, 5.74) is 10.5. The number of likely N-dealkylation sites (N-methyl/N-ethyl adjacent to an activating group) is 1. The molecule has 7 rings (SSSR count). The van der Waals surface area contributed by atoms with Crippen LogP contribution in [0.2, 0.25) is 5.02 Å². The van der Waals surface area contributed by atoms with Crippen molar-refractivity contribution in [2.45, 2.75) is 82.6 Å². The Balaban J connectivity index is 0.990. The number of urea groups is 1. The summed E-state index contributed by atoms with van der Waals surface area (Å²) in [5, 5.41) is 3.50. The van der Waals surface area contributed by atoms with Crippen LogP contribution in [0.3, 0.4) is 0 Å². The number of nitrogens with two attached hydrogens (primary N) is 1. The van der Waals surface area contributed by atoms with E-state index in [4.69, 9.17) is 17.3 Å². The molecule has 2 bridgehead atoms. The normalized spacial score (nSPS) is 24.8. The van der Waals surface area contributed by atoms with Crippen LogP contribution in [0.25, 0.3) is 0 Å². The van der Waals surface area contributed by atoms with Crippen molar-refractivity contribution >= 4 is 40.8 Å². The topological polar surface area (TPSA) is 105 Å². The van der Waals surface area contributed by atoms with E-state index in [1.807, 2.05) is 58.0 Å². The van der Waals surface area contributed by atoms with Crippen molar-refractivity contribution in [3.63, 3.8) is 0 Å². The number of nitrogens with zero attached hydrogens (tertiary/aromatic N) is 5. The molecule has 0 radical (unpaired) electrons. The zero-order chi connectivity index (χ0) is 32.8. The van der Waals surface area contributed by atoms with Gasteiger partial charge in [0.25, 0.3) is 0 Å². The summed E-state index contributed by atoms with van der Waals surface area (Å²) in [6.45, 7) is 7.38. The molecule has 0 aromatic heterocycles. The van der Waals surface area contributed by atoms with Crippen LogP contribution >= 0.6 is 11.6 Å². The van der Waals surface area contributed by atoms with Gasteiger partial charge in [-0.2, -0.15) is 0 Å². The highest BCUT2D eigenvalue weighted by Gasteiger charge is 2.45. The first-order valence-electron chi connectivity index (χ1n) is 17.4. The van der Waals surface area contributed by atoms with Gasteiger partial charge in [-0.1, -0.05) is 35.9 Å². The summed E-state index contributed by atoms with van der Waals surface area (Å²) in [7, 11) is 2.23. The Hall–Kier alpha value is -3.34. The number of nitrogen functional groups attached to an aromatic ring is 1. The molecule has 0 saturated carbocycles. The van der Waals surface area contributed by atoms with E-state index in [9.17, 15) is 14.4 Å². The first-order chi connectivity index (χ1) is 22.6. The smallest absolute Gasteiger partial charge is 0.322 e. The SMILES string of the molecule is Cc1cc(C[C@@H](CC(=O)N2CCC(N3Cc4ccccc4NC3=O)CC2)C(=O)N2CCC(N3CC4CC3CN4C)CC2)cc(Cl)c1N. The molecule has 252 valence electrons. The monoisotopic (exact) mass is 661 g/mol. The van der Waals surface area contributed by atoms with Crippen LogP contribution in [0, 0.1) is 12.8 Å². The van der Waals surface area contributed by atoms with E-state index in [2.05, 4.69) is 22.2 Å². The number of piperazine rings is 1. The third-order valence-electron chi connectivity index (χ3n) is 11.6. The Labute approximate surface area is 283 Å². The first kappa shape index (κ1) is 32.2. The van der Waals surface area contributed by atoms with Crippen molar-refractivity contribution in [1.29, 1.82) is 0 Å². The van der Waals surface area contributed by atoms with E-state index in [1.165, 1.54) is 6.42 Å². The summed E-state index contributed by atoms with van der Waals surface area (Å²) in [4.78, 5) is 51.9. The van der Waals surface area contributed by atoms with Gasteiger partial charge >= 0.3 is 6.03 Å². The van der Waals surface area contributed by atoms with Crippen LogP contribution in [0.1, 0.15) is 55.2 Å². The second-order valence-corrected chi connectivity index (χ2v) is 14.9. The Morgan fingerprint density at radius 2 is 1.66 bits per heavy atom. The van der Waals surface area contributed by atoms with E-state index in [0.717, 1.165) is 61.4 Å². The second kappa shape index (κ2) is 13.3. The van der Waals surface area contributed by atoms with Crippen molar-refractivity contribution < 1.29 is 14.4 Å². The van der Waals surface area contributed by atoms with Crippen LogP contribution in [-0.2, 0) is 22.6 Å². The van der Waals surface area contributed by atoms with Crippen molar-refractivity contribution in [1.82, 2.24) is 24.5 Å². The lowest BCUT2D eigenvalue weighted by Crippen LogP contribution is -2.54. The van der Waals surface area contributed by atoms with Gasteiger partial charge in [0.15, 0.2) is 0 Å². The number of piperidine rings is 2. The third-order valence-corrected chi connectivity index (χ3v) is 11.9. The van der Waals surface area contributed by atoms with Gasteiger partial charge in [-0.25, -0.2) is 4.79 Å². The van der Waals surface area contributed by atoms with Gasteiger partial charge in [0.1, 0.15) is 0 Å². The molecule has 5 heterocycles. The summed E-state index contributed by atoms with van der Waals surface area (Å²) >= 11 is 6.45. The summed E-state index contributed by atoms with van der Waals surface area (Å²) in [6.07, 6.45) is 5.26. The molecule has 5 aliphatic rings. The molecule has 4 amide bonds. The summed E-state index contributed by atoms with van der Waals surface area (Å²) < 4.78 is 0. The first-order valence-corrected chi connectivity index (χ1v) is 17.7. The van der Waals surface area contributed by atoms with Crippen molar-refractivity contribution in [2.24, 2.45) is 5.92 Å². The van der Waals surface area contributed by atoms with Crippen molar-refractivity contribution in [3.05, 3.63) is 58.1 Å². The molecule has 3 N–H and O–H groups in total. The number of likely N-dealkylation sites (tertiary alicyclic amines) is 4. The van der Waals surface area contributed by atoms with Gasteiger partial charge in [0.2, 0.25) is 11.8 Å². The number of anilines is 2. The number of amides is 4. The number of para-hydroxylation sites is 1. The van der Waals surface area contributed by atoms with Crippen LogP contribution in [-0.4, -0.2) is 113 Å². The van der Waals surface area contributed by atoms with E-state index >= 15 is 0 Å². The number of fused-ring (bicyclic) bond motifs is 3. The van der Waals surface area contributed by atoms with E-state index < -0.39 is 5.92 Å². The average molecular weight is 662 g/mol. The molecule has 4 fully saturated rings. The predicted molar refractivity (Wildman–Crippen MR) is 184 cm³/mol. The molecule has 4 saturated heterocycles. The lowest BCUT2D eigenvalue weighted by molar-refractivity contribution is -0.143. The maximum atomic E-state index is 14.2. The van der Waals surface area contributed by atoms with Gasteiger partial charge in [-0.05, 0) is 81.3 Å². The van der Waals surface area contributed by atoms with Crippen molar-refractivity contribution in [3.8, 4) is 0 Å². The van der Waals surface area contributed by atoms with Gasteiger partial charge < -0.3 is 30.7 Å². The molecule has 0 spiro atoms. The standard InChI is InChI=1S/C36H48ClN7O3/c1-23-15-24(17-31(37)34(23)38)16-26(35(46)42-13-9-27(10-14-42)43-22-29-19-30(43)21-40(29)2)18-33(45)41-11-7-28(8-12-41)44-20-25-5-3-4-6-32(25)39-36(44)47/h3-6,15,17,26-30H,7-14,16,18-22,38H2,1-2H3,(H,39,47)/t26-,29?,30?/m0/s1. The van der Waals surface area contributed by atoms with Gasteiger partial charge in [-0.3, -0.25) is 14.5 Å². The number of hydrogen-bond acceptors (Lipinski definition) is 6. The van der Waals surface area contributed by atoms with Crippen LogP contribution < -0.4 is 11.1 Å². The van der Waals surface area contributed by atoms with Crippen LogP contribution in [0.4, 0.5) is 16.2 Å². The fourth-order valence-corrected chi connectivity index (χ4v) is 9.07. The third kappa shape index (κ3) is 6.56. The minimum atomic E-state index is -0.475. The second-order valence-electron chi connectivity index (χ2n) is 14.5. The molecule has 10 nitrogen and oxygen atoms in total. The number of benzene rings is 2. The van der Waals surface area contributed by atoms with E-state index in [0.29, 0.717) is 67.7 Å². The number of rotatable bonds is 7. The van der Waals surface area contributed by atoms with Gasteiger partial charge in [0.05, 0.1) is 16.6 Å². The van der Waals surface area contributed by atoms with Crippen LogP contribution in [0.15, 0.2) is 36.4 Å². The zero-order valence-electron chi connectivity index (χ0n) is 27.7. The molecule has 2 aromatic rings. The summed E-state index contributed by atoms with van der Waals surface area (Å²) in [5.74, 6) is -0.416. The molecule has 2 unspecified atom stereocenters. The molecular formula is C36H48ClN7O3. The Morgan fingerprint density at radius 1 is 0.957 bits per heavy atom. The maximum Gasteiger partial charge on any atom is 0.322 e. The van der Waals surface area contributed by atoms with E-state index in [-0.39, 0.29) is 30.3 Å². The van der Waals surface area contributed by atoms with Crippen LogP contribution in [0.5, 0.6) is 0 Å². The lowest BCUT2D eigenvalue weighted by atomic mass is 9.91. The van der Waals surface area contributed by atoms with E-state index in [1.54, 1.807) is 0 Å². The number of carbonyl (C=O) groups is 3. The fourth-order valence-electron chi connectivity index (χ4n) is 8.78. The van der Waals surface area contributed by atoms with Gasteiger partial charge in [-0.15, -0.1) is 0 Å². The molecule has 47 heavy (non-hydrogen) atoms.